The van der Waals surface area contributed by atoms with Crippen LogP contribution >= 0.6 is 11.8 Å². The lowest BCUT2D eigenvalue weighted by Crippen LogP contribution is -2.54. The van der Waals surface area contributed by atoms with E-state index < -0.39 is 12.7 Å². The number of nitrogens with zero attached hydrogens (tertiary/aromatic N) is 3. The molecule has 1 N–H and O–H groups in total. The second-order valence-electron chi connectivity index (χ2n) is 6.84. The van der Waals surface area contributed by atoms with E-state index in [0.29, 0.717) is 17.8 Å². The highest BCUT2D eigenvalue weighted by molar-refractivity contribution is 8.00. The van der Waals surface area contributed by atoms with E-state index in [0.717, 1.165) is 24.8 Å². The Morgan fingerprint density at radius 3 is 2.62 bits per heavy atom. The van der Waals surface area contributed by atoms with Gasteiger partial charge in [0.2, 0.25) is 0 Å². The first-order chi connectivity index (χ1) is 11.3. The van der Waals surface area contributed by atoms with Gasteiger partial charge < -0.3 is 10.2 Å². The average molecular weight is 366 g/mol. The minimum Gasteiger partial charge on any atom is -0.355 e. The number of aliphatic imine (C=N–C) groups is 1. The standard InChI is InChI=1S/C16H29F3N4S/c1-20-14(21-8-9-22(2)13-16(17,18)19)23-10-11-24-15(12-23)6-4-3-5-7-15/h3-13H2,1-2H3,(H,20,21). The normalized spacial score (nSPS) is 22.2. The molecule has 1 aliphatic carbocycles. The molecule has 4 nitrogen and oxygen atoms in total. The molecule has 2 rings (SSSR count). The van der Waals surface area contributed by atoms with Gasteiger partial charge in [0.05, 0.1) is 6.54 Å². The lowest BCUT2D eigenvalue weighted by Gasteiger charge is -2.45. The van der Waals surface area contributed by atoms with Crippen molar-refractivity contribution >= 4 is 17.7 Å². The third kappa shape index (κ3) is 6.02. The van der Waals surface area contributed by atoms with Crippen molar-refractivity contribution < 1.29 is 13.2 Å². The fraction of sp³-hybridized carbons (Fsp3) is 0.938. The molecule has 0 aromatic heterocycles. The maximum atomic E-state index is 12.4. The zero-order valence-corrected chi connectivity index (χ0v) is 15.5. The number of likely N-dealkylation sites (N-methyl/N-ethyl adjacent to an activating group) is 1. The summed E-state index contributed by atoms with van der Waals surface area (Å²) in [7, 11) is 3.24. The number of guanidine groups is 1. The number of thioether (sulfide) groups is 1. The zero-order valence-electron chi connectivity index (χ0n) is 14.7. The third-order valence-electron chi connectivity index (χ3n) is 4.75. The molecular formula is C16H29F3N4S. The number of hydrogen-bond acceptors (Lipinski definition) is 3. The second kappa shape index (κ2) is 8.65. The molecule has 1 saturated heterocycles. The molecule has 140 valence electrons. The van der Waals surface area contributed by atoms with Crippen LogP contribution in [-0.4, -0.2) is 79.3 Å². The summed E-state index contributed by atoms with van der Waals surface area (Å²) >= 11 is 2.10. The summed E-state index contributed by atoms with van der Waals surface area (Å²) < 4.78 is 37.4. The zero-order chi connectivity index (χ0) is 17.6. The number of rotatable bonds is 4. The molecule has 1 saturated carbocycles. The molecule has 0 aromatic rings. The van der Waals surface area contributed by atoms with Crippen molar-refractivity contribution in [2.45, 2.75) is 43.0 Å². The highest BCUT2D eigenvalue weighted by Gasteiger charge is 2.38. The maximum Gasteiger partial charge on any atom is 0.401 e. The van der Waals surface area contributed by atoms with Gasteiger partial charge in [0.25, 0.3) is 0 Å². The van der Waals surface area contributed by atoms with Crippen LogP contribution in [0.5, 0.6) is 0 Å². The van der Waals surface area contributed by atoms with Crippen molar-refractivity contribution in [2.24, 2.45) is 4.99 Å². The van der Waals surface area contributed by atoms with Gasteiger partial charge in [-0.05, 0) is 19.9 Å². The van der Waals surface area contributed by atoms with E-state index in [2.05, 4.69) is 27.0 Å². The molecule has 2 fully saturated rings. The van der Waals surface area contributed by atoms with Crippen LogP contribution in [0, 0.1) is 0 Å². The molecule has 1 spiro atoms. The van der Waals surface area contributed by atoms with Crippen molar-refractivity contribution in [3.05, 3.63) is 0 Å². The molecule has 0 aromatic carbocycles. The van der Waals surface area contributed by atoms with E-state index in [9.17, 15) is 13.2 Å². The Labute approximate surface area is 147 Å². The predicted octanol–water partition coefficient (Wildman–Crippen LogP) is 2.81. The fourth-order valence-corrected chi connectivity index (χ4v) is 5.17. The molecule has 1 heterocycles. The van der Waals surface area contributed by atoms with Gasteiger partial charge in [-0.25, -0.2) is 0 Å². The summed E-state index contributed by atoms with van der Waals surface area (Å²) in [5, 5.41) is 3.24. The van der Waals surface area contributed by atoms with Crippen molar-refractivity contribution in [1.82, 2.24) is 15.1 Å². The Morgan fingerprint density at radius 1 is 1.29 bits per heavy atom. The van der Waals surface area contributed by atoms with E-state index in [-0.39, 0.29) is 0 Å². The van der Waals surface area contributed by atoms with Gasteiger partial charge in [-0.3, -0.25) is 9.89 Å². The first-order valence-electron chi connectivity index (χ1n) is 8.68. The van der Waals surface area contributed by atoms with Gasteiger partial charge in [0.1, 0.15) is 0 Å². The summed E-state index contributed by atoms with van der Waals surface area (Å²) in [6.45, 7) is 1.87. The molecule has 0 unspecified atom stereocenters. The van der Waals surface area contributed by atoms with Gasteiger partial charge in [0.15, 0.2) is 5.96 Å². The maximum absolute atomic E-state index is 12.4. The van der Waals surface area contributed by atoms with E-state index in [1.165, 1.54) is 44.1 Å². The van der Waals surface area contributed by atoms with E-state index in [1.807, 2.05) is 0 Å². The third-order valence-corrected chi connectivity index (χ3v) is 6.29. The number of hydrogen-bond donors (Lipinski definition) is 1. The second-order valence-corrected chi connectivity index (χ2v) is 8.40. The molecule has 0 radical (unpaired) electrons. The summed E-state index contributed by atoms with van der Waals surface area (Å²) in [5.41, 5.74) is 0. The minimum absolute atomic E-state index is 0.340. The smallest absolute Gasteiger partial charge is 0.355 e. The van der Waals surface area contributed by atoms with Crippen LogP contribution in [0.25, 0.3) is 0 Å². The summed E-state index contributed by atoms with van der Waals surface area (Å²) in [5.74, 6) is 1.91. The Morgan fingerprint density at radius 2 is 2.00 bits per heavy atom. The average Bonchev–Trinajstić information content (AvgIpc) is 2.50. The Hall–Kier alpha value is -0.630. The van der Waals surface area contributed by atoms with Gasteiger partial charge >= 0.3 is 6.18 Å². The first-order valence-corrected chi connectivity index (χ1v) is 9.67. The van der Waals surface area contributed by atoms with Crippen LogP contribution < -0.4 is 5.32 Å². The lowest BCUT2D eigenvalue weighted by molar-refractivity contribution is -0.142. The summed E-state index contributed by atoms with van der Waals surface area (Å²) in [6, 6.07) is 0. The van der Waals surface area contributed by atoms with Crippen LogP contribution in [0.4, 0.5) is 13.2 Å². The predicted molar refractivity (Wildman–Crippen MR) is 94.8 cm³/mol. The fourth-order valence-electron chi connectivity index (χ4n) is 3.60. The molecule has 8 heteroatoms. The largest absolute Gasteiger partial charge is 0.401 e. The van der Waals surface area contributed by atoms with Crippen LogP contribution in [0.2, 0.25) is 0 Å². The highest BCUT2D eigenvalue weighted by Crippen LogP contribution is 2.42. The molecule has 0 bridgehead atoms. The van der Waals surface area contributed by atoms with Crippen LogP contribution in [0.1, 0.15) is 32.1 Å². The Kier molecular flexibility index (Phi) is 7.10. The Balaban J connectivity index is 1.80. The molecule has 24 heavy (non-hydrogen) atoms. The summed E-state index contributed by atoms with van der Waals surface area (Å²) in [4.78, 5) is 7.91. The Bertz CT molecular complexity index is 417. The van der Waals surface area contributed by atoms with Gasteiger partial charge in [-0.1, -0.05) is 19.3 Å². The van der Waals surface area contributed by atoms with Crippen LogP contribution in [0.3, 0.4) is 0 Å². The number of halogens is 3. The number of alkyl halides is 3. The number of nitrogens with one attached hydrogen (secondary N) is 1. The van der Waals surface area contributed by atoms with Crippen molar-refractivity contribution in [3.8, 4) is 0 Å². The molecule has 0 atom stereocenters. The van der Waals surface area contributed by atoms with Gasteiger partial charge in [-0.15, -0.1) is 0 Å². The quantitative estimate of drug-likeness (QED) is 0.612. The first kappa shape index (κ1) is 19.7. The molecule has 0 amide bonds. The van der Waals surface area contributed by atoms with Crippen molar-refractivity contribution in [2.75, 3.05) is 52.6 Å². The molecule has 2 aliphatic rings. The SMILES string of the molecule is CN=C(NCCN(C)CC(F)(F)F)N1CCSC2(CCCCC2)C1. The molecular weight excluding hydrogens is 337 g/mol. The van der Waals surface area contributed by atoms with Crippen LogP contribution in [0.15, 0.2) is 4.99 Å². The highest BCUT2D eigenvalue weighted by atomic mass is 32.2. The van der Waals surface area contributed by atoms with E-state index >= 15 is 0 Å². The van der Waals surface area contributed by atoms with Gasteiger partial charge in [-0.2, -0.15) is 24.9 Å². The van der Waals surface area contributed by atoms with Gasteiger partial charge in [0, 0.05) is 43.7 Å². The summed E-state index contributed by atoms with van der Waals surface area (Å²) in [6.07, 6.45) is 2.32. The monoisotopic (exact) mass is 366 g/mol. The van der Waals surface area contributed by atoms with Crippen LogP contribution in [-0.2, 0) is 0 Å². The topological polar surface area (TPSA) is 30.9 Å². The van der Waals surface area contributed by atoms with Crippen molar-refractivity contribution in [3.63, 3.8) is 0 Å². The molecule has 1 aliphatic heterocycles. The van der Waals surface area contributed by atoms with E-state index in [4.69, 9.17) is 0 Å². The van der Waals surface area contributed by atoms with E-state index in [1.54, 1.807) is 7.05 Å². The minimum atomic E-state index is -4.14. The van der Waals surface area contributed by atoms with Crippen molar-refractivity contribution in [1.29, 1.82) is 0 Å². The lowest BCUT2D eigenvalue weighted by atomic mass is 9.87.